The second kappa shape index (κ2) is 8.14. The average molecular weight is 404 g/mol. The molecule has 1 spiro atoms. The van der Waals surface area contributed by atoms with Crippen molar-refractivity contribution in [1.29, 1.82) is 0 Å². The first kappa shape index (κ1) is 19.3. The van der Waals surface area contributed by atoms with Gasteiger partial charge in [-0.25, -0.2) is 0 Å². The van der Waals surface area contributed by atoms with Crippen LogP contribution < -0.4 is 5.32 Å². The molecule has 3 heterocycles. The van der Waals surface area contributed by atoms with E-state index < -0.39 is 5.79 Å². The Morgan fingerprint density at radius 1 is 1.14 bits per heavy atom. The molecule has 2 amide bonds. The SMILES string of the molecule is Cc1ccc(C(=O)N2CCC3(CC2)OCCO3)cc1NC(=O)C1=CSCCO1. The van der Waals surface area contributed by atoms with Crippen LogP contribution in [0.4, 0.5) is 5.69 Å². The van der Waals surface area contributed by atoms with Crippen LogP contribution in [0.25, 0.3) is 0 Å². The van der Waals surface area contributed by atoms with Crippen LogP contribution in [0.5, 0.6) is 0 Å². The molecule has 0 aromatic heterocycles. The molecule has 2 saturated heterocycles. The van der Waals surface area contributed by atoms with Crippen LogP contribution in [0.15, 0.2) is 29.4 Å². The Morgan fingerprint density at radius 3 is 2.57 bits per heavy atom. The van der Waals surface area contributed by atoms with Crippen LogP contribution in [0.1, 0.15) is 28.8 Å². The van der Waals surface area contributed by atoms with Crippen LogP contribution in [-0.2, 0) is 19.0 Å². The maximum atomic E-state index is 12.9. The maximum absolute atomic E-state index is 12.9. The Hall–Kier alpha value is -2.03. The van der Waals surface area contributed by atoms with Crippen molar-refractivity contribution in [3.8, 4) is 0 Å². The summed E-state index contributed by atoms with van der Waals surface area (Å²) in [4.78, 5) is 27.2. The molecule has 0 atom stereocenters. The van der Waals surface area contributed by atoms with Crippen molar-refractivity contribution < 1.29 is 23.8 Å². The van der Waals surface area contributed by atoms with E-state index in [9.17, 15) is 9.59 Å². The number of nitrogens with one attached hydrogen (secondary N) is 1. The van der Waals surface area contributed by atoms with Crippen molar-refractivity contribution in [3.05, 3.63) is 40.5 Å². The van der Waals surface area contributed by atoms with Crippen molar-refractivity contribution in [3.63, 3.8) is 0 Å². The van der Waals surface area contributed by atoms with Crippen molar-refractivity contribution >= 4 is 29.3 Å². The monoisotopic (exact) mass is 404 g/mol. The summed E-state index contributed by atoms with van der Waals surface area (Å²) in [6.07, 6.45) is 1.36. The number of nitrogens with zero attached hydrogens (tertiary/aromatic N) is 1. The molecule has 0 bridgehead atoms. The minimum Gasteiger partial charge on any atom is -0.487 e. The Bertz CT molecular complexity index is 794. The number of thioether (sulfide) groups is 1. The lowest BCUT2D eigenvalue weighted by Gasteiger charge is -2.37. The Morgan fingerprint density at radius 2 is 1.89 bits per heavy atom. The molecule has 1 aromatic rings. The van der Waals surface area contributed by atoms with Crippen LogP contribution >= 0.6 is 11.8 Å². The topological polar surface area (TPSA) is 77.1 Å². The number of hydrogen-bond acceptors (Lipinski definition) is 6. The molecule has 0 saturated carbocycles. The first-order chi connectivity index (χ1) is 13.6. The van der Waals surface area contributed by atoms with Gasteiger partial charge in [0.2, 0.25) is 0 Å². The van der Waals surface area contributed by atoms with Gasteiger partial charge in [-0.15, -0.1) is 11.8 Å². The average Bonchev–Trinajstić information content (AvgIpc) is 3.18. The standard InChI is InChI=1S/C20H24N2O5S/c1-14-2-3-15(12-16(14)21-18(23)17-13-28-11-10-25-17)19(24)22-6-4-20(5-7-22)26-8-9-27-20/h2-3,12-13H,4-11H2,1H3,(H,21,23). The quantitative estimate of drug-likeness (QED) is 0.834. The summed E-state index contributed by atoms with van der Waals surface area (Å²) < 4.78 is 16.8. The molecule has 3 aliphatic rings. The highest BCUT2D eigenvalue weighted by Gasteiger charge is 2.40. The Kier molecular flexibility index (Phi) is 5.61. The summed E-state index contributed by atoms with van der Waals surface area (Å²) in [7, 11) is 0. The number of piperidine rings is 1. The largest absolute Gasteiger partial charge is 0.487 e. The number of rotatable bonds is 3. The number of ether oxygens (including phenoxy) is 3. The van der Waals surface area contributed by atoms with E-state index in [1.807, 2.05) is 17.9 Å². The fraction of sp³-hybridized carbons (Fsp3) is 0.500. The van der Waals surface area contributed by atoms with Crippen molar-refractivity contribution in [2.45, 2.75) is 25.6 Å². The fourth-order valence-corrected chi connectivity index (χ4v) is 4.20. The normalized spacial score (nSPS) is 21.2. The van der Waals surface area contributed by atoms with Crippen LogP contribution in [-0.4, -0.2) is 61.2 Å². The number of hydrogen-bond donors (Lipinski definition) is 1. The smallest absolute Gasteiger partial charge is 0.291 e. The van der Waals surface area contributed by atoms with Crippen molar-refractivity contribution in [2.75, 3.05) is 44.0 Å². The molecular weight excluding hydrogens is 380 g/mol. The molecule has 0 unspecified atom stereocenters. The predicted octanol–water partition coefficient (Wildman–Crippen LogP) is 2.52. The first-order valence-electron chi connectivity index (χ1n) is 9.50. The van der Waals surface area contributed by atoms with E-state index in [1.54, 1.807) is 29.3 Å². The number of benzene rings is 1. The van der Waals surface area contributed by atoms with Gasteiger partial charge in [0, 0.05) is 48.3 Å². The highest BCUT2D eigenvalue weighted by molar-refractivity contribution is 8.02. The van der Waals surface area contributed by atoms with Crippen LogP contribution in [0, 0.1) is 6.92 Å². The number of anilines is 1. The highest BCUT2D eigenvalue weighted by Crippen LogP contribution is 2.32. The van der Waals surface area contributed by atoms with Gasteiger partial charge in [0.05, 0.1) is 19.8 Å². The molecule has 0 radical (unpaired) electrons. The highest BCUT2D eigenvalue weighted by atomic mass is 32.2. The van der Waals surface area contributed by atoms with Crippen molar-refractivity contribution in [1.82, 2.24) is 4.90 Å². The van der Waals surface area contributed by atoms with E-state index in [0.717, 1.165) is 11.3 Å². The van der Waals surface area contributed by atoms with Crippen molar-refractivity contribution in [2.24, 2.45) is 0 Å². The van der Waals surface area contributed by atoms with E-state index >= 15 is 0 Å². The summed E-state index contributed by atoms with van der Waals surface area (Å²) in [6, 6.07) is 5.38. The summed E-state index contributed by atoms with van der Waals surface area (Å²) >= 11 is 1.55. The molecule has 3 aliphatic heterocycles. The molecule has 150 valence electrons. The number of carbonyl (C=O) groups excluding carboxylic acids is 2. The zero-order valence-electron chi connectivity index (χ0n) is 15.9. The zero-order valence-corrected chi connectivity index (χ0v) is 16.7. The van der Waals surface area contributed by atoms with Gasteiger partial charge in [-0.05, 0) is 24.6 Å². The number of aryl methyl sites for hydroxylation is 1. The molecule has 1 aromatic carbocycles. The molecular formula is C20H24N2O5S. The third-order valence-corrected chi connectivity index (χ3v) is 6.01. The van der Waals surface area contributed by atoms with Gasteiger partial charge in [0.15, 0.2) is 11.5 Å². The Balaban J connectivity index is 1.43. The predicted molar refractivity (Wildman–Crippen MR) is 106 cm³/mol. The van der Waals surface area contributed by atoms with E-state index in [0.29, 0.717) is 62.8 Å². The molecule has 4 rings (SSSR count). The van der Waals surface area contributed by atoms with Gasteiger partial charge in [-0.1, -0.05) is 6.07 Å². The van der Waals surface area contributed by atoms with Gasteiger partial charge in [0.25, 0.3) is 11.8 Å². The summed E-state index contributed by atoms with van der Waals surface area (Å²) in [5.41, 5.74) is 2.06. The lowest BCUT2D eigenvalue weighted by atomic mass is 10.0. The van der Waals surface area contributed by atoms with Gasteiger partial charge >= 0.3 is 0 Å². The molecule has 8 heteroatoms. The molecule has 1 N–H and O–H groups in total. The molecule has 0 aliphatic carbocycles. The van der Waals surface area contributed by atoms with Crippen LogP contribution in [0.2, 0.25) is 0 Å². The maximum Gasteiger partial charge on any atom is 0.291 e. The minimum atomic E-state index is -0.505. The van der Waals surface area contributed by atoms with Gasteiger partial charge in [-0.2, -0.15) is 0 Å². The zero-order chi connectivity index (χ0) is 19.6. The number of likely N-dealkylation sites (tertiary alicyclic amines) is 1. The van der Waals surface area contributed by atoms with Crippen LogP contribution in [0.3, 0.4) is 0 Å². The Labute approximate surface area is 168 Å². The lowest BCUT2D eigenvalue weighted by Crippen LogP contribution is -2.47. The summed E-state index contributed by atoms with van der Waals surface area (Å²) in [5.74, 6) is 0.301. The lowest BCUT2D eigenvalue weighted by molar-refractivity contribution is -0.181. The van der Waals surface area contributed by atoms with E-state index in [-0.39, 0.29) is 11.8 Å². The number of carbonyl (C=O) groups is 2. The van der Waals surface area contributed by atoms with Gasteiger partial charge in [-0.3, -0.25) is 9.59 Å². The van der Waals surface area contributed by atoms with Gasteiger partial charge in [0.1, 0.15) is 0 Å². The second-order valence-corrected chi connectivity index (χ2v) is 8.06. The van der Waals surface area contributed by atoms with E-state index in [4.69, 9.17) is 14.2 Å². The van der Waals surface area contributed by atoms with E-state index in [2.05, 4.69) is 5.32 Å². The third-order valence-electron chi connectivity index (χ3n) is 5.23. The van der Waals surface area contributed by atoms with Gasteiger partial charge < -0.3 is 24.4 Å². The molecule has 28 heavy (non-hydrogen) atoms. The third kappa shape index (κ3) is 4.04. The van der Waals surface area contributed by atoms with E-state index in [1.165, 1.54) is 0 Å². The fourth-order valence-electron chi connectivity index (χ4n) is 3.58. The summed E-state index contributed by atoms with van der Waals surface area (Å²) in [5, 5.41) is 4.58. The number of amides is 2. The molecule has 2 fully saturated rings. The summed E-state index contributed by atoms with van der Waals surface area (Å²) in [6.45, 7) is 4.83. The minimum absolute atomic E-state index is 0.0490. The molecule has 7 nitrogen and oxygen atoms in total. The first-order valence-corrected chi connectivity index (χ1v) is 10.5. The second-order valence-electron chi connectivity index (χ2n) is 7.08.